The summed E-state index contributed by atoms with van der Waals surface area (Å²) in [7, 11) is 0. The molecule has 0 radical (unpaired) electrons. The Morgan fingerprint density at radius 1 is 1.31 bits per heavy atom. The number of benzene rings is 1. The van der Waals surface area contributed by atoms with E-state index in [0.717, 1.165) is 21.1 Å². The molecule has 0 aliphatic heterocycles. The van der Waals surface area contributed by atoms with Crippen molar-refractivity contribution in [1.82, 2.24) is 4.98 Å². The number of hydrogen-bond acceptors (Lipinski definition) is 1. The Bertz CT molecular complexity index is 468. The summed E-state index contributed by atoms with van der Waals surface area (Å²) in [6.45, 7) is 2.02. The van der Waals surface area contributed by atoms with Gasteiger partial charge in [-0.1, -0.05) is 17.7 Å². The average molecular weight is 257 g/mol. The van der Waals surface area contributed by atoms with E-state index in [1.807, 2.05) is 25.1 Å². The molecule has 0 atom stereocenters. The van der Waals surface area contributed by atoms with Crippen molar-refractivity contribution in [2.24, 2.45) is 0 Å². The SMILES string of the molecule is Cc1cc(Cl)c2nc(Br)ccc2c1. The summed E-state index contributed by atoms with van der Waals surface area (Å²) in [5.74, 6) is 0. The Morgan fingerprint density at radius 3 is 2.85 bits per heavy atom. The van der Waals surface area contributed by atoms with Gasteiger partial charge in [-0.15, -0.1) is 0 Å². The van der Waals surface area contributed by atoms with Gasteiger partial charge in [-0.3, -0.25) is 0 Å². The lowest BCUT2D eigenvalue weighted by Gasteiger charge is -2.01. The van der Waals surface area contributed by atoms with Crippen LogP contribution in [-0.2, 0) is 0 Å². The van der Waals surface area contributed by atoms with Gasteiger partial charge in [-0.25, -0.2) is 4.98 Å². The van der Waals surface area contributed by atoms with Crippen molar-refractivity contribution in [2.75, 3.05) is 0 Å². The van der Waals surface area contributed by atoms with E-state index in [2.05, 4.69) is 27.0 Å². The molecule has 0 saturated heterocycles. The van der Waals surface area contributed by atoms with Gasteiger partial charge in [0.25, 0.3) is 0 Å². The number of hydrogen-bond donors (Lipinski definition) is 0. The Kier molecular flexibility index (Phi) is 2.26. The Labute approximate surface area is 89.9 Å². The van der Waals surface area contributed by atoms with Crippen LogP contribution in [0.2, 0.25) is 5.02 Å². The van der Waals surface area contributed by atoms with Crippen LogP contribution >= 0.6 is 27.5 Å². The molecular weight excluding hydrogens is 249 g/mol. The Balaban J connectivity index is 2.87. The first-order valence-corrected chi connectivity index (χ1v) is 5.06. The van der Waals surface area contributed by atoms with Gasteiger partial charge < -0.3 is 0 Å². The smallest absolute Gasteiger partial charge is 0.106 e. The second-order valence-corrected chi connectivity index (χ2v) is 4.17. The summed E-state index contributed by atoms with van der Waals surface area (Å²) < 4.78 is 0.811. The first kappa shape index (κ1) is 8.97. The van der Waals surface area contributed by atoms with Gasteiger partial charge in [-0.2, -0.15) is 0 Å². The third-order valence-corrected chi connectivity index (χ3v) is 2.59. The number of fused-ring (bicyclic) bond motifs is 1. The molecule has 0 spiro atoms. The zero-order valence-corrected chi connectivity index (χ0v) is 9.35. The van der Waals surface area contributed by atoms with Crippen LogP contribution in [0.5, 0.6) is 0 Å². The van der Waals surface area contributed by atoms with E-state index < -0.39 is 0 Å². The summed E-state index contributed by atoms with van der Waals surface area (Å²) in [5, 5.41) is 1.78. The molecule has 2 rings (SSSR count). The molecule has 66 valence electrons. The van der Waals surface area contributed by atoms with Crippen LogP contribution in [0.15, 0.2) is 28.9 Å². The number of nitrogens with zero attached hydrogens (tertiary/aromatic N) is 1. The summed E-state index contributed by atoms with van der Waals surface area (Å²) in [6, 6.07) is 7.91. The zero-order chi connectivity index (χ0) is 9.42. The maximum Gasteiger partial charge on any atom is 0.106 e. The maximum atomic E-state index is 6.05. The second kappa shape index (κ2) is 3.28. The highest BCUT2D eigenvalue weighted by molar-refractivity contribution is 9.10. The molecule has 13 heavy (non-hydrogen) atoms. The predicted molar refractivity (Wildman–Crippen MR) is 59.2 cm³/mol. The molecule has 0 unspecified atom stereocenters. The standard InChI is InChI=1S/C10H7BrClN/c1-6-4-7-2-3-9(11)13-10(7)8(12)5-6/h2-5H,1H3. The van der Waals surface area contributed by atoms with Crippen molar-refractivity contribution < 1.29 is 0 Å². The summed E-state index contributed by atoms with van der Waals surface area (Å²) in [6.07, 6.45) is 0. The minimum absolute atomic E-state index is 0.705. The van der Waals surface area contributed by atoms with Crippen molar-refractivity contribution in [3.63, 3.8) is 0 Å². The molecular formula is C10H7BrClN. The van der Waals surface area contributed by atoms with Crippen molar-refractivity contribution in [3.05, 3.63) is 39.5 Å². The molecule has 2 aromatic rings. The fourth-order valence-electron chi connectivity index (χ4n) is 1.31. The summed E-state index contributed by atoms with van der Waals surface area (Å²) in [5.41, 5.74) is 2.00. The fraction of sp³-hybridized carbons (Fsp3) is 0.100. The van der Waals surface area contributed by atoms with Gasteiger partial charge in [0, 0.05) is 5.39 Å². The number of halogens is 2. The van der Waals surface area contributed by atoms with E-state index in [0.29, 0.717) is 5.02 Å². The number of aromatic nitrogens is 1. The monoisotopic (exact) mass is 255 g/mol. The quantitative estimate of drug-likeness (QED) is 0.650. The number of rotatable bonds is 0. The predicted octanol–water partition coefficient (Wildman–Crippen LogP) is 3.96. The largest absolute Gasteiger partial charge is 0.239 e. The van der Waals surface area contributed by atoms with Crippen LogP contribution in [-0.4, -0.2) is 4.98 Å². The van der Waals surface area contributed by atoms with E-state index in [-0.39, 0.29) is 0 Å². The number of aryl methyl sites for hydroxylation is 1. The fourth-order valence-corrected chi connectivity index (χ4v) is 1.94. The van der Waals surface area contributed by atoms with Crippen molar-refractivity contribution in [1.29, 1.82) is 0 Å². The summed E-state index contributed by atoms with van der Waals surface area (Å²) >= 11 is 9.37. The zero-order valence-electron chi connectivity index (χ0n) is 7.01. The van der Waals surface area contributed by atoms with Crippen LogP contribution in [0.25, 0.3) is 10.9 Å². The van der Waals surface area contributed by atoms with Crippen LogP contribution in [0, 0.1) is 6.92 Å². The molecule has 0 saturated carbocycles. The van der Waals surface area contributed by atoms with Gasteiger partial charge in [0.15, 0.2) is 0 Å². The van der Waals surface area contributed by atoms with Gasteiger partial charge in [0.2, 0.25) is 0 Å². The lowest BCUT2D eigenvalue weighted by Crippen LogP contribution is -1.82. The highest BCUT2D eigenvalue weighted by Gasteiger charge is 2.01. The highest BCUT2D eigenvalue weighted by Crippen LogP contribution is 2.24. The van der Waals surface area contributed by atoms with E-state index in [1.54, 1.807) is 0 Å². The molecule has 0 fully saturated rings. The van der Waals surface area contributed by atoms with Crippen LogP contribution in [0.4, 0.5) is 0 Å². The van der Waals surface area contributed by atoms with E-state index in [4.69, 9.17) is 11.6 Å². The second-order valence-electron chi connectivity index (χ2n) is 2.95. The molecule has 0 N–H and O–H groups in total. The molecule has 1 nitrogen and oxygen atoms in total. The van der Waals surface area contributed by atoms with Gasteiger partial charge in [0.1, 0.15) is 4.60 Å². The van der Waals surface area contributed by atoms with Crippen molar-refractivity contribution >= 4 is 38.4 Å². The Hall–Kier alpha value is -0.600. The van der Waals surface area contributed by atoms with Crippen LogP contribution in [0.3, 0.4) is 0 Å². The molecule has 0 aliphatic rings. The van der Waals surface area contributed by atoms with Gasteiger partial charge in [-0.05, 0) is 46.6 Å². The van der Waals surface area contributed by atoms with Crippen LogP contribution in [0.1, 0.15) is 5.56 Å². The molecule has 3 heteroatoms. The third-order valence-electron chi connectivity index (χ3n) is 1.86. The minimum atomic E-state index is 0.705. The van der Waals surface area contributed by atoms with Gasteiger partial charge >= 0.3 is 0 Å². The number of pyridine rings is 1. The Morgan fingerprint density at radius 2 is 2.08 bits per heavy atom. The normalized spacial score (nSPS) is 10.7. The third kappa shape index (κ3) is 1.69. The summed E-state index contributed by atoms with van der Waals surface area (Å²) in [4.78, 5) is 4.30. The van der Waals surface area contributed by atoms with Gasteiger partial charge in [0.05, 0.1) is 10.5 Å². The molecule has 0 amide bonds. The van der Waals surface area contributed by atoms with E-state index in [9.17, 15) is 0 Å². The average Bonchev–Trinajstić information content (AvgIpc) is 2.06. The lowest BCUT2D eigenvalue weighted by molar-refractivity contribution is 1.34. The molecule has 0 aliphatic carbocycles. The lowest BCUT2D eigenvalue weighted by atomic mass is 10.1. The minimum Gasteiger partial charge on any atom is -0.239 e. The van der Waals surface area contributed by atoms with E-state index in [1.165, 1.54) is 0 Å². The highest BCUT2D eigenvalue weighted by atomic mass is 79.9. The van der Waals surface area contributed by atoms with E-state index >= 15 is 0 Å². The molecule has 0 bridgehead atoms. The maximum absolute atomic E-state index is 6.05. The first-order valence-electron chi connectivity index (χ1n) is 3.89. The topological polar surface area (TPSA) is 12.9 Å². The molecule has 1 aromatic heterocycles. The van der Waals surface area contributed by atoms with Crippen LogP contribution < -0.4 is 0 Å². The van der Waals surface area contributed by atoms with Crippen molar-refractivity contribution in [2.45, 2.75) is 6.92 Å². The van der Waals surface area contributed by atoms with Crippen molar-refractivity contribution in [3.8, 4) is 0 Å². The molecule has 1 heterocycles. The molecule has 1 aromatic carbocycles. The first-order chi connectivity index (χ1) is 6.16.